The van der Waals surface area contributed by atoms with Crippen LogP contribution < -0.4 is 10.2 Å². The number of hydrazone groups is 1. The van der Waals surface area contributed by atoms with Crippen LogP contribution in [-0.2, 0) is 4.79 Å². The molecule has 2 aromatic carbocycles. The standard InChI is InChI=1S/C16H16N2O3/c1-12(21-14-8-3-2-4-9-14)16(20)18-17-11-13-7-5-6-10-15(13)19/h2-12,19H,1H3,(H,18,20)/b17-11+/t12-/m0/s1. The number of hydrogen-bond acceptors (Lipinski definition) is 4. The van der Waals surface area contributed by atoms with Crippen molar-refractivity contribution in [2.75, 3.05) is 0 Å². The number of nitrogens with one attached hydrogen (secondary N) is 1. The SMILES string of the molecule is C[C@H](Oc1ccccc1)C(=O)N/N=C/c1ccccc1O. The second-order valence-corrected chi connectivity index (χ2v) is 4.37. The van der Waals surface area contributed by atoms with E-state index in [1.165, 1.54) is 6.21 Å². The number of benzene rings is 2. The third-order valence-electron chi connectivity index (χ3n) is 2.74. The predicted molar refractivity (Wildman–Crippen MR) is 80.4 cm³/mol. The molecule has 5 nitrogen and oxygen atoms in total. The average molecular weight is 284 g/mol. The Morgan fingerprint density at radius 2 is 1.86 bits per heavy atom. The Bertz CT molecular complexity index is 626. The summed E-state index contributed by atoms with van der Waals surface area (Å²) in [6, 6.07) is 15.8. The Morgan fingerprint density at radius 1 is 1.19 bits per heavy atom. The first-order chi connectivity index (χ1) is 10.2. The van der Waals surface area contributed by atoms with Crippen LogP contribution in [0.1, 0.15) is 12.5 Å². The van der Waals surface area contributed by atoms with Crippen molar-refractivity contribution in [3.05, 3.63) is 60.2 Å². The van der Waals surface area contributed by atoms with Gasteiger partial charge in [-0.15, -0.1) is 0 Å². The highest BCUT2D eigenvalue weighted by molar-refractivity contribution is 5.86. The van der Waals surface area contributed by atoms with Crippen molar-refractivity contribution in [3.63, 3.8) is 0 Å². The van der Waals surface area contributed by atoms with Gasteiger partial charge in [0.2, 0.25) is 0 Å². The maximum Gasteiger partial charge on any atom is 0.280 e. The highest BCUT2D eigenvalue weighted by atomic mass is 16.5. The smallest absolute Gasteiger partial charge is 0.280 e. The van der Waals surface area contributed by atoms with Crippen LogP contribution in [0.3, 0.4) is 0 Å². The molecule has 0 spiro atoms. The number of nitrogens with zero attached hydrogens (tertiary/aromatic N) is 1. The fourth-order valence-electron chi connectivity index (χ4n) is 1.61. The fourth-order valence-corrected chi connectivity index (χ4v) is 1.61. The Morgan fingerprint density at radius 3 is 2.57 bits per heavy atom. The summed E-state index contributed by atoms with van der Waals surface area (Å²) in [5, 5.41) is 13.4. The summed E-state index contributed by atoms with van der Waals surface area (Å²) in [7, 11) is 0. The molecule has 1 amide bonds. The van der Waals surface area contributed by atoms with E-state index in [-0.39, 0.29) is 11.7 Å². The molecule has 0 aliphatic heterocycles. The van der Waals surface area contributed by atoms with Crippen LogP contribution in [0.4, 0.5) is 0 Å². The number of carbonyl (C=O) groups is 1. The zero-order valence-electron chi connectivity index (χ0n) is 11.6. The third kappa shape index (κ3) is 4.35. The summed E-state index contributed by atoms with van der Waals surface area (Å²) < 4.78 is 5.47. The molecule has 2 aromatic rings. The van der Waals surface area contributed by atoms with E-state index in [0.29, 0.717) is 11.3 Å². The predicted octanol–water partition coefficient (Wildman–Crippen LogP) is 2.31. The van der Waals surface area contributed by atoms with Gasteiger partial charge in [0.15, 0.2) is 6.10 Å². The van der Waals surface area contributed by atoms with Gasteiger partial charge in [-0.2, -0.15) is 5.10 Å². The summed E-state index contributed by atoms with van der Waals surface area (Å²) in [4.78, 5) is 11.8. The van der Waals surface area contributed by atoms with Gasteiger partial charge >= 0.3 is 0 Å². The zero-order valence-corrected chi connectivity index (χ0v) is 11.6. The molecule has 0 saturated heterocycles. The van der Waals surface area contributed by atoms with E-state index in [1.54, 1.807) is 43.3 Å². The Labute approximate surface area is 122 Å². The Kier molecular flexibility index (Phi) is 4.93. The van der Waals surface area contributed by atoms with Crippen molar-refractivity contribution < 1.29 is 14.6 Å². The molecule has 0 aliphatic rings. The lowest BCUT2D eigenvalue weighted by molar-refractivity contribution is -0.127. The van der Waals surface area contributed by atoms with E-state index in [1.807, 2.05) is 18.2 Å². The minimum Gasteiger partial charge on any atom is -0.507 e. The zero-order chi connectivity index (χ0) is 15.1. The van der Waals surface area contributed by atoms with E-state index >= 15 is 0 Å². The number of amides is 1. The number of para-hydroxylation sites is 2. The lowest BCUT2D eigenvalue weighted by Gasteiger charge is -2.12. The molecule has 0 fully saturated rings. The van der Waals surface area contributed by atoms with Crippen molar-refractivity contribution >= 4 is 12.1 Å². The van der Waals surface area contributed by atoms with Gasteiger partial charge in [-0.25, -0.2) is 5.43 Å². The first kappa shape index (κ1) is 14.6. The highest BCUT2D eigenvalue weighted by Gasteiger charge is 2.13. The van der Waals surface area contributed by atoms with E-state index in [9.17, 15) is 9.90 Å². The molecule has 0 radical (unpaired) electrons. The molecule has 2 N–H and O–H groups in total. The molecule has 0 aromatic heterocycles. The van der Waals surface area contributed by atoms with Gasteiger partial charge in [-0.05, 0) is 31.2 Å². The van der Waals surface area contributed by atoms with Crippen LogP contribution in [0.2, 0.25) is 0 Å². The van der Waals surface area contributed by atoms with Crippen LogP contribution in [0.25, 0.3) is 0 Å². The van der Waals surface area contributed by atoms with Crippen LogP contribution in [0.5, 0.6) is 11.5 Å². The number of ether oxygens (including phenoxy) is 1. The molecule has 2 rings (SSSR count). The quantitative estimate of drug-likeness (QED) is 0.654. The topological polar surface area (TPSA) is 70.9 Å². The monoisotopic (exact) mass is 284 g/mol. The second kappa shape index (κ2) is 7.09. The van der Waals surface area contributed by atoms with E-state index in [0.717, 1.165) is 0 Å². The summed E-state index contributed by atoms with van der Waals surface area (Å²) in [5.74, 6) is 0.347. The van der Waals surface area contributed by atoms with Crippen LogP contribution in [0, 0.1) is 0 Å². The molecule has 5 heteroatoms. The molecule has 0 heterocycles. The van der Waals surface area contributed by atoms with Gasteiger partial charge < -0.3 is 9.84 Å². The number of phenols is 1. The van der Waals surface area contributed by atoms with E-state index in [4.69, 9.17) is 4.74 Å². The normalized spacial score (nSPS) is 12.0. The first-order valence-corrected chi connectivity index (χ1v) is 6.49. The van der Waals surface area contributed by atoms with Crippen molar-refractivity contribution in [1.82, 2.24) is 5.43 Å². The maximum absolute atomic E-state index is 11.8. The lowest BCUT2D eigenvalue weighted by Crippen LogP contribution is -2.33. The number of rotatable bonds is 5. The summed E-state index contributed by atoms with van der Waals surface area (Å²) in [5.41, 5.74) is 2.90. The van der Waals surface area contributed by atoms with Crippen molar-refractivity contribution in [2.45, 2.75) is 13.0 Å². The molecule has 108 valence electrons. The summed E-state index contributed by atoms with van der Waals surface area (Å²) >= 11 is 0. The largest absolute Gasteiger partial charge is 0.507 e. The van der Waals surface area contributed by atoms with Crippen LogP contribution in [-0.4, -0.2) is 23.3 Å². The second-order valence-electron chi connectivity index (χ2n) is 4.37. The Hall–Kier alpha value is -2.82. The molecule has 0 bridgehead atoms. The van der Waals surface area contributed by atoms with Gasteiger partial charge in [0.1, 0.15) is 11.5 Å². The van der Waals surface area contributed by atoms with E-state index < -0.39 is 6.10 Å². The summed E-state index contributed by atoms with van der Waals surface area (Å²) in [6.07, 6.45) is 0.705. The molecular formula is C16H16N2O3. The van der Waals surface area contributed by atoms with Gasteiger partial charge in [-0.1, -0.05) is 30.3 Å². The molecule has 0 unspecified atom stereocenters. The highest BCUT2D eigenvalue weighted by Crippen LogP contribution is 2.13. The average Bonchev–Trinajstić information content (AvgIpc) is 2.50. The Balaban J connectivity index is 1.88. The number of hydrogen-bond donors (Lipinski definition) is 2. The molecule has 0 saturated carbocycles. The van der Waals surface area contributed by atoms with Crippen molar-refractivity contribution in [1.29, 1.82) is 0 Å². The van der Waals surface area contributed by atoms with E-state index in [2.05, 4.69) is 10.5 Å². The fraction of sp³-hybridized carbons (Fsp3) is 0.125. The maximum atomic E-state index is 11.8. The third-order valence-corrected chi connectivity index (χ3v) is 2.74. The minimum absolute atomic E-state index is 0.101. The van der Waals surface area contributed by atoms with Crippen molar-refractivity contribution in [3.8, 4) is 11.5 Å². The number of aromatic hydroxyl groups is 1. The van der Waals surface area contributed by atoms with Crippen LogP contribution in [0.15, 0.2) is 59.7 Å². The molecule has 1 atom stereocenters. The van der Waals surface area contributed by atoms with Gasteiger partial charge in [0.25, 0.3) is 5.91 Å². The summed E-state index contributed by atoms with van der Waals surface area (Å²) in [6.45, 7) is 1.64. The van der Waals surface area contributed by atoms with Crippen molar-refractivity contribution in [2.24, 2.45) is 5.10 Å². The van der Waals surface area contributed by atoms with Gasteiger partial charge in [0.05, 0.1) is 6.21 Å². The first-order valence-electron chi connectivity index (χ1n) is 6.49. The molecule has 0 aliphatic carbocycles. The number of phenolic OH excluding ortho intramolecular Hbond substituents is 1. The van der Waals surface area contributed by atoms with Crippen LogP contribution >= 0.6 is 0 Å². The minimum atomic E-state index is -0.672. The lowest BCUT2D eigenvalue weighted by atomic mass is 10.2. The molecule has 21 heavy (non-hydrogen) atoms. The number of carbonyl (C=O) groups excluding carboxylic acids is 1. The van der Waals surface area contributed by atoms with Gasteiger partial charge in [0, 0.05) is 5.56 Å². The molecular weight excluding hydrogens is 268 g/mol. The van der Waals surface area contributed by atoms with Gasteiger partial charge in [-0.3, -0.25) is 4.79 Å².